The summed E-state index contributed by atoms with van der Waals surface area (Å²) in [6.45, 7) is 0. The van der Waals surface area contributed by atoms with Crippen LogP contribution in [0.25, 0.3) is 0 Å². The zero-order chi connectivity index (χ0) is 13.5. The first-order chi connectivity index (χ1) is 8.30. The molecule has 1 aromatic carbocycles. The molecule has 1 aromatic rings. The van der Waals surface area contributed by atoms with Crippen molar-refractivity contribution in [3.63, 3.8) is 0 Å². The number of carbonyl (C=O) groups excluding carboxylic acids is 1. The van der Waals surface area contributed by atoms with Crippen molar-refractivity contribution in [2.75, 3.05) is 7.05 Å². The lowest BCUT2D eigenvalue weighted by Gasteiger charge is -2.17. The van der Waals surface area contributed by atoms with Crippen molar-refractivity contribution in [3.8, 4) is 0 Å². The highest BCUT2D eigenvalue weighted by Gasteiger charge is 2.31. The van der Waals surface area contributed by atoms with Crippen LogP contribution in [-0.2, 0) is 9.05 Å². The Bertz CT molecular complexity index is 598. The molecule has 1 aliphatic rings. The number of benzene rings is 1. The molecular formula is C11H11BrClNO3S. The third-order valence-corrected chi connectivity index (χ3v) is 4.91. The SMILES string of the molecule is CN(C(=O)c1cc(S(=O)(=O)Cl)ccc1Br)C1CC1. The van der Waals surface area contributed by atoms with Gasteiger partial charge in [0.1, 0.15) is 0 Å². The van der Waals surface area contributed by atoms with E-state index in [4.69, 9.17) is 10.7 Å². The zero-order valence-electron chi connectivity index (χ0n) is 9.56. The Morgan fingerprint density at radius 1 is 1.44 bits per heavy atom. The van der Waals surface area contributed by atoms with Gasteiger partial charge in [-0.3, -0.25) is 4.79 Å². The number of rotatable bonds is 3. The van der Waals surface area contributed by atoms with Gasteiger partial charge in [0.2, 0.25) is 0 Å². The Balaban J connectivity index is 2.40. The van der Waals surface area contributed by atoms with Crippen molar-refractivity contribution in [2.24, 2.45) is 0 Å². The van der Waals surface area contributed by atoms with Crippen LogP contribution in [-0.4, -0.2) is 32.3 Å². The normalized spacial score (nSPS) is 15.5. The van der Waals surface area contributed by atoms with Crippen LogP contribution in [0.5, 0.6) is 0 Å². The van der Waals surface area contributed by atoms with E-state index in [1.165, 1.54) is 18.2 Å². The fourth-order valence-corrected chi connectivity index (χ4v) is 2.83. The first-order valence-electron chi connectivity index (χ1n) is 5.32. The second kappa shape index (κ2) is 4.83. The molecule has 0 atom stereocenters. The minimum Gasteiger partial charge on any atom is -0.339 e. The summed E-state index contributed by atoms with van der Waals surface area (Å²) in [5.41, 5.74) is 0.311. The van der Waals surface area contributed by atoms with Gasteiger partial charge in [0, 0.05) is 28.2 Å². The quantitative estimate of drug-likeness (QED) is 0.786. The average molecular weight is 353 g/mol. The monoisotopic (exact) mass is 351 g/mol. The Hall–Kier alpha value is -0.590. The molecule has 18 heavy (non-hydrogen) atoms. The standard InChI is InChI=1S/C11H11BrClNO3S/c1-14(7-2-3-7)11(15)9-6-8(18(13,16)17)4-5-10(9)12/h4-7H,2-3H2,1H3. The Morgan fingerprint density at radius 3 is 2.56 bits per heavy atom. The van der Waals surface area contributed by atoms with Crippen LogP contribution in [0, 0.1) is 0 Å². The maximum Gasteiger partial charge on any atom is 0.261 e. The van der Waals surface area contributed by atoms with E-state index in [0.29, 0.717) is 10.0 Å². The summed E-state index contributed by atoms with van der Waals surface area (Å²) in [5.74, 6) is -0.202. The molecule has 7 heteroatoms. The fourth-order valence-electron chi connectivity index (χ4n) is 1.64. The van der Waals surface area contributed by atoms with E-state index in [1.54, 1.807) is 11.9 Å². The third-order valence-electron chi connectivity index (χ3n) is 2.86. The van der Waals surface area contributed by atoms with Crippen molar-refractivity contribution in [1.29, 1.82) is 0 Å². The highest BCUT2D eigenvalue weighted by Crippen LogP contribution is 2.29. The highest BCUT2D eigenvalue weighted by atomic mass is 79.9. The molecule has 0 aromatic heterocycles. The highest BCUT2D eigenvalue weighted by molar-refractivity contribution is 9.10. The van der Waals surface area contributed by atoms with E-state index in [1.807, 2.05) is 0 Å². The molecule has 0 saturated heterocycles. The summed E-state index contributed by atoms with van der Waals surface area (Å²) >= 11 is 3.25. The number of hydrogen-bond acceptors (Lipinski definition) is 3. The Labute approximate surface area is 118 Å². The van der Waals surface area contributed by atoms with Gasteiger partial charge in [0.05, 0.1) is 10.5 Å². The first-order valence-corrected chi connectivity index (χ1v) is 8.42. The number of amides is 1. The molecule has 1 saturated carbocycles. The second-order valence-corrected chi connectivity index (χ2v) is 7.65. The lowest BCUT2D eigenvalue weighted by atomic mass is 10.2. The summed E-state index contributed by atoms with van der Waals surface area (Å²) in [7, 11) is 3.17. The zero-order valence-corrected chi connectivity index (χ0v) is 12.7. The third kappa shape index (κ3) is 2.87. The van der Waals surface area contributed by atoms with Gasteiger partial charge in [0.25, 0.3) is 15.0 Å². The number of hydrogen-bond donors (Lipinski definition) is 0. The van der Waals surface area contributed by atoms with Gasteiger partial charge in [0.15, 0.2) is 0 Å². The van der Waals surface area contributed by atoms with E-state index in [2.05, 4.69) is 15.9 Å². The molecule has 0 unspecified atom stereocenters. The summed E-state index contributed by atoms with van der Waals surface area (Å²) in [6.07, 6.45) is 1.99. The van der Waals surface area contributed by atoms with Crippen LogP contribution in [0.15, 0.2) is 27.6 Å². The van der Waals surface area contributed by atoms with Crippen LogP contribution >= 0.6 is 26.6 Å². The molecule has 98 valence electrons. The van der Waals surface area contributed by atoms with E-state index in [9.17, 15) is 13.2 Å². The first kappa shape index (κ1) is 13.8. The fraction of sp³-hybridized carbons (Fsp3) is 0.364. The molecule has 1 fully saturated rings. The van der Waals surface area contributed by atoms with Gasteiger partial charge in [-0.05, 0) is 47.0 Å². The molecule has 0 bridgehead atoms. The van der Waals surface area contributed by atoms with E-state index in [-0.39, 0.29) is 16.8 Å². The summed E-state index contributed by atoms with van der Waals surface area (Å²) in [6, 6.07) is 4.44. The Kier molecular flexibility index (Phi) is 3.71. The van der Waals surface area contributed by atoms with Gasteiger partial charge >= 0.3 is 0 Å². The average Bonchev–Trinajstić information content (AvgIpc) is 3.10. The predicted octanol–water partition coefficient (Wildman–Crippen LogP) is 2.61. The van der Waals surface area contributed by atoms with Crippen LogP contribution in [0.4, 0.5) is 0 Å². The minimum atomic E-state index is -3.83. The largest absolute Gasteiger partial charge is 0.339 e. The van der Waals surface area contributed by atoms with Crippen LogP contribution < -0.4 is 0 Å². The molecule has 0 spiro atoms. The van der Waals surface area contributed by atoms with Gasteiger partial charge < -0.3 is 4.90 Å². The van der Waals surface area contributed by atoms with Crippen molar-refractivity contribution in [2.45, 2.75) is 23.8 Å². The van der Waals surface area contributed by atoms with E-state index < -0.39 is 9.05 Å². The number of nitrogens with zero attached hydrogens (tertiary/aromatic N) is 1. The van der Waals surface area contributed by atoms with Crippen molar-refractivity contribution in [1.82, 2.24) is 4.90 Å². The topological polar surface area (TPSA) is 54.5 Å². The van der Waals surface area contributed by atoms with E-state index >= 15 is 0 Å². The molecule has 0 radical (unpaired) electrons. The summed E-state index contributed by atoms with van der Waals surface area (Å²) in [5, 5.41) is 0. The van der Waals surface area contributed by atoms with E-state index in [0.717, 1.165) is 12.8 Å². The van der Waals surface area contributed by atoms with Crippen LogP contribution in [0.2, 0.25) is 0 Å². The van der Waals surface area contributed by atoms with Gasteiger partial charge in [-0.15, -0.1) is 0 Å². The Morgan fingerprint density at radius 2 is 2.06 bits per heavy atom. The van der Waals surface area contributed by atoms with Crippen LogP contribution in [0.1, 0.15) is 23.2 Å². The molecule has 1 aliphatic carbocycles. The summed E-state index contributed by atoms with van der Waals surface area (Å²) < 4.78 is 23.1. The van der Waals surface area contributed by atoms with Gasteiger partial charge in [-0.1, -0.05) is 0 Å². The molecule has 0 N–H and O–H groups in total. The molecule has 0 aliphatic heterocycles. The molecular weight excluding hydrogens is 342 g/mol. The van der Waals surface area contributed by atoms with Gasteiger partial charge in [-0.25, -0.2) is 8.42 Å². The second-order valence-electron chi connectivity index (χ2n) is 4.23. The maximum absolute atomic E-state index is 12.2. The predicted molar refractivity (Wildman–Crippen MR) is 72.3 cm³/mol. The van der Waals surface area contributed by atoms with Gasteiger partial charge in [-0.2, -0.15) is 0 Å². The minimum absolute atomic E-state index is 0.0695. The molecule has 0 heterocycles. The van der Waals surface area contributed by atoms with Crippen molar-refractivity contribution >= 4 is 41.6 Å². The molecule has 4 nitrogen and oxygen atoms in total. The van der Waals surface area contributed by atoms with Crippen LogP contribution in [0.3, 0.4) is 0 Å². The number of carbonyl (C=O) groups is 1. The molecule has 1 amide bonds. The lowest BCUT2D eigenvalue weighted by Crippen LogP contribution is -2.29. The number of halogens is 2. The van der Waals surface area contributed by atoms with Crippen molar-refractivity contribution in [3.05, 3.63) is 28.2 Å². The molecule has 2 rings (SSSR count). The van der Waals surface area contributed by atoms with Crippen molar-refractivity contribution < 1.29 is 13.2 Å². The maximum atomic E-state index is 12.2. The smallest absolute Gasteiger partial charge is 0.261 e. The lowest BCUT2D eigenvalue weighted by molar-refractivity contribution is 0.0784. The summed E-state index contributed by atoms with van der Waals surface area (Å²) in [4.78, 5) is 13.7.